The fraction of sp³-hybridized carbons (Fsp3) is 0.391. The Morgan fingerprint density at radius 2 is 1.53 bits per heavy atom. The quantitative estimate of drug-likeness (QED) is 0.747. The van der Waals surface area contributed by atoms with Crippen molar-refractivity contribution in [1.82, 2.24) is 0 Å². The molecule has 2 aliphatic rings. The first-order chi connectivity index (χ1) is 14.0. The zero-order chi connectivity index (χ0) is 22.1. The van der Waals surface area contributed by atoms with Crippen LogP contribution in [0.25, 0.3) is 0 Å². The Balaban J connectivity index is 2.00. The summed E-state index contributed by atoms with van der Waals surface area (Å²) in [4.78, 5) is 26.1. The second-order valence-corrected chi connectivity index (χ2v) is 8.71. The maximum atomic E-state index is 13.4. The molecule has 3 atom stereocenters. The van der Waals surface area contributed by atoms with Gasteiger partial charge in [-0.3, -0.25) is 9.59 Å². The zero-order valence-electron chi connectivity index (χ0n) is 17.5. The van der Waals surface area contributed by atoms with Gasteiger partial charge in [-0.2, -0.15) is 0 Å². The van der Waals surface area contributed by atoms with Crippen LogP contribution in [-0.2, 0) is 20.7 Å². The van der Waals surface area contributed by atoms with Crippen molar-refractivity contribution in [3.63, 3.8) is 0 Å². The summed E-state index contributed by atoms with van der Waals surface area (Å²) in [6, 6.07) is 9.27. The predicted molar refractivity (Wildman–Crippen MR) is 106 cm³/mol. The zero-order valence-corrected chi connectivity index (χ0v) is 17.5. The van der Waals surface area contributed by atoms with E-state index in [1.165, 1.54) is 32.4 Å². The number of methoxy groups -OCH3 is 2. The van der Waals surface area contributed by atoms with Crippen LogP contribution in [0.2, 0.25) is 0 Å². The number of ether oxygens (including phenoxy) is 3. The van der Waals surface area contributed by atoms with Gasteiger partial charge in [0.25, 0.3) is 0 Å². The summed E-state index contributed by atoms with van der Waals surface area (Å²) in [6.45, 7) is 5.06. The van der Waals surface area contributed by atoms with Gasteiger partial charge in [-0.15, -0.1) is 0 Å². The van der Waals surface area contributed by atoms with Gasteiger partial charge >= 0.3 is 5.97 Å². The lowest BCUT2D eigenvalue weighted by atomic mass is 9.82. The van der Waals surface area contributed by atoms with Crippen molar-refractivity contribution in [2.75, 3.05) is 14.2 Å². The monoisotopic (exact) mass is 412 g/mol. The van der Waals surface area contributed by atoms with Gasteiger partial charge < -0.3 is 24.4 Å². The number of ketones is 1. The van der Waals surface area contributed by atoms with Crippen molar-refractivity contribution in [2.45, 2.75) is 38.1 Å². The molecule has 0 aromatic heterocycles. The highest BCUT2D eigenvalue weighted by molar-refractivity contribution is 6.10. The van der Waals surface area contributed by atoms with Gasteiger partial charge in [0.15, 0.2) is 17.3 Å². The normalized spacial score (nSPS) is 26.6. The molecule has 0 fully saturated rings. The third kappa shape index (κ3) is 2.39. The van der Waals surface area contributed by atoms with Crippen LogP contribution in [0.1, 0.15) is 53.9 Å². The van der Waals surface area contributed by atoms with E-state index in [0.29, 0.717) is 17.1 Å². The molecule has 7 heteroatoms. The Morgan fingerprint density at radius 1 is 0.967 bits per heavy atom. The van der Waals surface area contributed by atoms with E-state index in [1.54, 1.807) is 39.0 Å². The lowest BCUT2D eigenvalue weighted by Crippen LogP contribution is -2.49. The van der Waals surface area contributed by atoms with E-state index < -0.39 is 34.5 Å². The lowest BCUT2D eigenvalue weighted by molar-refractivity contribution is -0.201. The van der Waals surface area contributed by atoms with Gasteiger partial charge in [0, 0.05) is 22.3 Å². The van der Waals surface area contributed by atoms with Crippen LogP contribution in [0.5, 0.6) is 11.5 Å². The van der Waals surface area contributed by atoms with E-state index in [2.05, 4.69) is 0 Å². The van der Waals surface area contributed by atoms with Crippen molar-refractivity contribution < 1.29 is 34.0 Å². The number of carbonyl (C=O) groups excluding carboxylic acids is 2. The Kier molecular flexibility index (Phi) is 4.28. The standard InChI is InChI=1S/C23H24O7/c1-21(2,3)20(25)30-19-15-9-7-13(29-5)11-17(15)22(26)18(24)14-8-6-12(28-4)10-16(14)23(19,22)27/h6-11,19,26-27H,1-5H3/t19-,22-,23-/m1/s1. The highest BCUT2D eigenvalue weighted by Gasteiger charge is 2.73. The number of hydrogen-bond acceptors (Lipinski definition) is 7. The Hall–Kier alpha value is -2.90. The summed E-state index contributed by atoms with van der Waals surface area (Å²) in [5.74, 6) is -0.454. The topological polar surface area (TPSA) is 102 Å². The molecule has 0 amide bonds. The molecule has 0 heterocycles. The van der Waals surface area contributed by atoms with Crippen molar-refractivity contribution in [2.24, 2.45) is 5.41 Å². The van der Waals surface area contributed by atoms with E-state index in [-0.39, 0.29) is 16.7 Å². The number of fused-ring (bicyclic) bond motifs is 5. The molecular weight excluding hydrogens is 388 g/mol. The van der Waals surface area contributed by atoms with Gasteiger partial charge in [-0.05, 0) is 51.1 Å². The van der Waals surface area contributed by atoms with Crippen LogP contribution >= 0.6 is 0 Å². The predicted octanol–water partition coefficient (Wildman–Crippen LogP) is 2.62. The molecule has 2 N–H and O–H groups in total. The molecule has 0 unspecified atom stereocenters. The second kappa shape index (κ2) is 6.30. The lowest BCUT2D eigenvalue weighted by Gasteiger charge is -2.36. The van der Waals surface area contributed by atoms with Crippen LogP contribution in [0.4, 0.5) is 0 Å². The molecule has 30 heavy (non-hydrogen) atoms. The van der Waals surface area contributed by atoms with Gasteiger partial charge in [-0.25, -0.2) is 0 Å². The maximum absolute atomic E-state index is 13.4. The molecule has 158 valence electrons. The summed E-state index contributed by atoms with van der Waals surface area (Å²) < 4.78 is 16.3. The Labute approximate surface area is 174 Å². The summed E-state index contributed by atoms with van der Waals surface area (Å²) in [6.07, 6.45) is -1.30. The minimum Gasteiger partial charge on any atom is -0.497 e. The van der Waals surface area contributed by atoms with Crippen molar-refractivity contribution in [1.29, 1.82) is 0 Å². The van der Waals surface area contributed by atoms with Gasteiger partial charge in [-0.1, -0.05) is 6.07 Å². The third-order valence-electron chi connectivity index (χ3n) is 5.91. The fourth-order valence-electron chi connectivity index (χ4n) is 4.25. The summed E-state index contributed by atoms with van der Waals surface area (Å²) in [5.41, 5.74) is -4.62. The van der Waals surface area contributed by atoms with Crippen molar-refractivity contribution in [3.05, 3.63) is 58.7 Å². The number of benzene rings is 2. The first-order valence-electron chi connectivity index (χ1n) is 9.57. The number of rotatable bonds is 3. The largest absolute Gasteiger partial charge is 0.497 e. The number of esters is 1. The minimum atomic E-state index is -2.34. The molecule has 2 aromatic carbocycles. The van der Waals surface area contributed by atoms with Gasteiger partial charge in [0.1, 0.15) is 11.5 Å². The summed E-state index contributed by atoms with van der Waals surface area (Å²) in [7, 11) is 2.92. The SMILES string of the molecule is COc1ccc2c(c1)[C@@]1(O)[C@H](OC(=O)C(C)(C)C)c3ccc(OC)cc3[C@@]1(O)C2=O. The van der Waals surface area contributed by atoms with Gasteiger partial charge in [0.05, 0.1) is 19.6 Å². The molecule has 7 nitrogen and oxygen atoms in total. The molecule has 0 saturated heterocycles. The van der Waals surface area contributed by atoms with E-state index >= 15 is 0 Å². The summed E-state index contributed by atoms with van der Waals surface area (Å²) >= 11 is 0. The molecule has 2 aromatic rings. The minimum absolute atomic E-state index is 0.145. The highest BCUT2D eigenvalue weighted by Crippen LogP contribution is 2.64. The number of Topliss-reactive ketones (excluding diaryl/α,β-unsaturated/α-hetero) is 1. The highest BCUT2D eigenvalue weighted by atomic mass is 16.6. The average Bonchev–Trinajstić information content (AvgIpc) is 3.02. The molecule has 2 aliphatic carbocycles. The molecule has 0 aliphatic heterocycles. The van der Waals surface area contributed by atoms with Crippen LogP contribution in [-0.4, -0.2) is 36.2 Å². The molecule has 4 rings (SSSR count). The smallest absolute Gasteiger partial charge is 0.311 e. The van der Waals surface area contributed by atoms with Gasteiger partial charge in [0.2, 0.25) is 5.78 Å². The maximum Gasteiger partial charge on any atom is 0.311 e. The van der Waals surface area contributed by atoms with Crippen LogP contribution < -0.4 is 9.47 Å². The molecule has 0 saturated carbocycles. The Bertz CT molecular complexity index is 1070. The molecule has 0 spiro atoms. The molecule has 0 radical (unpaired) electrons. The second-order valence-electron chi connectivity index (χ2n) is 8.71. The first kappa shape index (κ1) is 20.4. The average molecular weight is 412 g/mol. The van der Waals surface area contributed by atoms with E-state index in [4.69, 9.17) is 14.2 Å². The number of aliphatic hydroxyl groups is 2. The molecule has 0 bridgehead atoms. The third-order valence-corrected chi connectivity index (χ3v) is 5.91. The van der Waals surface area contributed by atoms with E-state index in [0.717, 1.165) is 0 Å². The molecular formula is C23H24O7. The Morgan fingerprint density at radius 3 is 2.10 bits per heavy atom. The number of carbonyl (C=O) groups is 2. The van der Waals surface area contributed by atoms with Crippen LogP contribution in [0.15, 0.2) is 36.4 Å². The van der Waals surface area contributed by atoms with Crippen LogP contribution in [0, 0.1) is 5.41 Å². The first-order valence-corrected chi connectivity index (χ1v) is 9.57. The fourth-order valence-corrected chi connectivity index (χ4v) is 4.25. The summed E-state index contributed by atoms with van der Waals surface area (Å²) in [5, 5.41) is 23.7. The van der Waals surface area contributed by atoms with Crippen molar-refractivity contribution in [3.8, 4) is 11.5 Å². The van der Waals surface area contributed by atoms with Crippen LogP contribution in [0.3, 0.4) is 0 Å². The van der Waals surface area contributed by atoms with E-state index in [1.807, 2.05) is 0 Å². The van der Waals surface area contributed by atoms with Crippen molar-refractivity contribution >= 4 is 11.8 Å². The van der Waals surface area contributed by atoms with E-state index in [9.17, 15) is 19.8 Å². The number of hydrogen-bond donors (Lipinski definition) is 2.